The van der Waals surface area contributed by atoms with Gasteiger partial charge < -0.3 is 20.7 Å². The van der Waals surface area contributed by atoms with E-state index in [4.69, 9.17) is 10.5 Å². The summed E-state index contributed by atoms with van der Waals surface area (Å²) in [6.07, 6.45) is 5.70. The van der Waals surface area contributed by atoms with Crippen LogP contribution in [0.5, 0.6) is 11.5 Å². The molecule has 0 amide bonds. The molecule has 4 aromatic rings. The second-order valence-corrected chi connectivity index (χ2v) is 9.10. The third kappa shape index (κ3) is 5.95. The van der Waals surface area contributed by atoms with Crippen LogP contribution in [0.25, 0.3) is 10.9 Å². The largest absolute Gasteiger partial charge is 0.457 e. The smallest absolute Gasteiger partial charge is 0.216 e. The fourth-order valence-corrected chi connectivity index (χ4v) is 4.31. The number of carbonyl (C=O) groups excluding carboxylic acids is 1. The van der Waals surface area contributed by atoms with Gasteiger partial charge in [0.1, 0.15) is 23.6 Å². The van der Waals surface area contributed by atoms with Crippen molar-refractivity contribution in [3.63, 3.8) is 0 Å². The predicted molar refractivity (Wildman–Crippen MR) is 151 cm³/mol. The number of benzene rings is 3. The lowest BCUT2D eigenvalue weighted by atomic mass is 10.1. The maximum atomic E-state index is 11.4. The zero-order valence-corrected chi connectivity index (χ0v) is 21.2. The standard InChI is InChI=1S/C29H29N7O2/c1-20-16-22(11-13-26(20)38-23-8-4-2-5-9-23)32-28-24-17-21(19-37)10-12-25(24)33-27(34-28)18-31-35-29(30)36-14-6-3-7-15-36/h2,4-5,8-13,16-19H,3,6-7,14-15H2,1H3,(H2,30,35)(H,32,33,34). The third-order valence-electron chi connectivity index (χ3n) is 6.30. The molecule has 192 valence electrons. The first kappa shape index (κ1) is 24.9. The second kappa shape index (κ2) is 11.5. The maximum Gasteiger partial charge on any atom is 0.216 e. The number of carbonyl (C=O) groups is 1. The number of ether oxygens (including phenoxy) is 1. The van der Waals surface area contributed by atoms with Gasteiger partial charge in [-0.2, -0.15) is 5.10 Å². The highest BCUT2D eigenvalue weighted by Gasteiger charge is 2.12. The van der Waals surface area contributed by atoms with E-state index >= 15 is 0 Å². The van der Waals surface area contributed by atoms with Crippen molar-refractivity contribution in [2.24, 2.45) is 15.9 Å². The number of fused-ring (bicyclic) bond motifs is 1. The number of piperidine rings is 1. The lowest BCUT2D eigenvalue weighted by Crippen LogP contribution is -2.40. The quantitative estimate of drug-likeness (QED) is 0.148. The summed E-state index contributed by atoms with van der Waals surface area (Å²) in [5, 5.41) is 12.4. The minimum atomic E-state index is 0.370. The summed E-state index contributed by atoms with van der Waals surface area (Å²) in [7, 11) is 0. The van der Waals surface area contributed by atoms with Gasteiger partial charge in [0, 0.05) is 29.7 Å². The molecule has 0 saturated carbocycles. The van der Waals surface area contributed by atoms with E-state index < -0.39 is 0 Å². The van der Waals surface area contributed by atoms with Gasteiger partial charge in [0.15, 0.2) is 5.82 Å². The molecule has 3 aromatic carbocycles. The summed E-state index contributed by atoms with van der Waals surface area (Å²) in [4.78, 5) is 22.7. The number of aryl methyl sites for hydroxylation is 1. The van der Waals surface area contributed by atoms with Crippen LogP contribution in [-0.4, -0.2) is 46.4 Å². The van der Waals surface area contributed by atoms with Gasteiger partial charge in [-0.3, -0.25) is 4.79 Å². The molecule has 3 N–H and O–H groups in total. The summed E-state index contributed by atoms with van der Waals surface area (Å²) in [5.41, 5.74) is 9.08. The van der Waals surface area contributed by atoms with Crippen LogP contribution in [0, 0.1) is 6.92 Å². The van der Waals surface area contributed by atoms with E-state index in [1.165, 1.54) is 12.6 Å². The van der Waals surface area contributed by atoms with Crippen molar-refractivity contribution < 1.29 is 9.53 Å². The van der Waals surface area contributed by atoms with Crippen LogP contribution < -0.4 is 15.8 Å². The van der Waals surface area contributed by atoms with Gasteiger partial charge in [-0.15, -0.1) is 5.10 Å². The molecule has 38 heavy (non-hydrogen) atoms. The molecule has 0 bridgehead atoms. The van der Waals surface area contributed by atoms with Crippen LogP contribution in [0.15, 0.2) is 76.9 Å². The lowest BCUT2D eigenvalue weighted by molar-refractivity contribution is 0.112. The number of aldehydes is 1. The predicted octanol–water partition coefficient (Wildman–Crippen LogP) is 5.42. The minimum absolute atomic E-state index is 0.370. The number of hydrogen-bond donors (Lipinski definition) is 2. The van der Waals surface area contributed by atoms with E-state index in [0.29, 0.717) is 34.1 Å². The number of nitrogens with two attached hydrogens (primary N) is 1. The Kier molecular flexibility index (Phi) is 7.54. The monoisotopic (exact) mass is 507 g/mol. The van der Waals surface area contributed by atoms with Gasteiger partial charge in [-0.05, 0) is 80.3 Å². The summed E-state index contributed by atoms with van der Waals surface area (Å²) >= 11 is 0. The molecule has 1 aliphatic rings. The molecule has 0 radical (unpaired) electrons. The van der Waals surface area contributed by atoms with Crippen molar-refractivity contribution in [2.75, 3.05) is 18.4 Å². The molecule has 1 aliphatic heterocycles. The van der Waals surface area contributed by atoms with Crippen molar-refractivity contribution in [3.8, 4) is 11.5 Å². The summed E-state index contributed by atoms with van der Waals surface area (Å²) < 4.78 is 6.01. The number of aromatic nitrogens is 2. The molecule has 5 rings (SSSR count). The van der Waals surface area contributed by atoms with E-state index in [2.05, 4.69) is 25.5 Å². The van der Waals surface area contributed by atoms with Crippen LogP contribution in [0.1, 0.15) is 41.0 Å². The van der Waals surface area contributed by atoms with E-state index in [1.807, 2.05) is 60.4 Å². The Morgan fingerprint density at radius 1 is 1.03 bits per heavy atom. The van der Waals surface area contributed by atoms with Gasteiger partial charge in [-0.25, -0.2) is 9.97 Å². The van der Waals surface area contributed by atoms with Crippen molar-refractivity contribution in [1.29, 1.82) is 0 Å². The van der Waals surface area contributed by atoms with E-state index in [-0.39, 0.29) is 0 Å². The molecule has 1 saturated heterocycles. The fourth-order valence-electron chi connectivity index (χ4n) is 4.31. The van der Waals surface area contributed by atoms with Crippen molar-refractivity contribution in [3.05, 3.63) is 83.7 Å². The molecule has 2 heterocycles. The van der Waals surface area contributed by atoms with Crippen molar-refractivity contribution >= 4 is 40.9 Å². The SMILES string of the molecule is Cc1cc(Nc2nc(C=NN=C(N)N3CCCCC3)nc3ccc(C=O)cc23)ccc1Oc1ccccc1. The molecule has 0 aliphatic carbocycles. The van der Waals surface area contributed by atoms with Gasteiger partial charge in [0.25, 0.3) is 0 Å². The first-order chi connectivity index (χ1) is 18.6. The number of nitrogens with zero attached hydrogens (tertiary/aromatic N) is 5. The lowest BCUT2D eigenvalue weighted by Gasteiger charge is -2.26. The molecule has 0 spiro atoms. The Balaban J connectivity index is 1.42. The summed E-state index contributed by atoms with van der Waals surface area (Å²) in [6, 6.07) is 20.7. The number of anilines is 2. The average Bonchev–Trinajstić information content (AvgIpc) is 2.95. The highest BCUT2D eigenvalue weighted by atomic mass is 16.5. The van der Waals surface area contributed by atoms with Gasteiger partial charge in [0.2, 0.25) is 5.96 Å². The van der Waals surface area contributed by atoms with Crippen LogP contribution in [-0.2, 0) is 0 Å². The second-order valence-electron chi connectivity index (χ2n) is 9.10. The molecule has 1 fully saturated rings. The number of hydrogen-bond acceptors (Lipinski definition) is 7. The minimum Gasteiger partial charge on any atom is -0.457 e. The summed E-state index contributed by atoms with van der Waals surface area (Å²) in [6.45, 7) is 3.76. The molecule has 9 heteroatoms. The zero-order valence-electron chi connectivity index (χ0n) is 21.2. The highest BCUT2D eigenvalue weighted by molar-refractivity contribution is 5.96. The Morgan fingerprint density at radius 2 is 1.84 bits per heavy atom. The number of guanidine groups is 1. The Labute approximate surface area is 221 Å². The fraction of sp³-hybridized carbons (Fsp3) is 0.207. The average molecular weight is 508 g/mol. The van der Waals surface area contributed by atoms with E-state index in [9.17, 15) is 4.79 Å². The van der Waals surface area contributed by atoms with Crippen molar-refractivity contribution in [1.82, 2.24) is 14.9 Å². The van der Waals surface area contributed by atoms with Crippen molar-refractivity contribution in [2.45, 2.75) is 26.2 Å². The zero-order chi connectivity index (χ0) is 26.3. The van der Waals surface area contributed by atoms with Gasteiger partial charge in [0.05, 0.1) is 11.7 Å². The van der Waals surface area contributed by atoms with Gasteiger partial charge >= 0.3 is 0 Å². The Hall–Kier alpha value is -4.79. The molecule has 0 unspecified atom stereocenters. The molecular weight excluding hydrogens is 478 g/mol. The Bertz CT molecular complexity index is 1500. The van der Waals surface area contributed by atoms with E-state index in [0.717, 1.165) is 55.0 Å². The first-order valence-electron chi connectivity index (χ1n) is 12.6. The maximum absolute atomic E-state index is 11.4. The highest BCUT2D eigenvalue weighted by Crippen LogP contribution is 2.30. The number of para-hydroxylation sites is 1. The van der Waals surface area contributed by atoms with Crippen LogP contribution >= 0.6 is 0 Å². The third-order valence-corrected chi connectivity index (χ3v) is 6.30. The number of rotatable bonds is 7. The molecule has 1 aromatic heterocycles. The molecule has 0 atom stereocenters. The number of nitrogens with one attached hydrogen (secondary N) is 1. The normalized spacial score (nSPS) is 14.1. The number of likely N-dealkylation sites (tertiary alicyclic amines) is 1. The Morgan fingerprint density at radius 3 is 2.61 bits per heavy atom. The van der Waals surface area contributed by atoms with Crippen LogP contribution in [0.4, 0.5) is 11.5 Å². The first-order valence-corrected chi connectivity index (χ1v) is 12.6. The van der Waals surface area contributed by atoms with Gasteiger partial charge in [-0.1, -0.05) is 18.2 Å². The van der Waals surface area contributed by atoms with Crippen LogP contribution in [0.3, 0.4) is 0 Å². The topological polar surface area (TPSA) is 118 Å². The molecule has 9 nitrogen and oxygen atoms in total. The molecular formula is C29H29N7O2. The van der Waals surface area contributed by atoms with Crippen LogP contribution in [0.2, 0.25) is 0 Å². The van der Waals surface area contributed by atoms with E-state index in [1.54, 1.807) is 18.2 Å². The summed E-state index contributed by atoms with van der Waals surface area (Å²) in [5.74, 6) is 2.84.